The second-order valence-electron chi connectivity index (χ2n) is 10.3. The van der Waals surface area contributed by atoms with Crippen LogP contribution in [0.4, 0.5) is 13.2 Å². The van der Waals surface area contributed by atoms with Crippen LogP contribution < -0.4 is 19.6 Å². The molecule has 0 amide bonds. The predicted molar refractivity (Wildman–Crippen MR) is 180 cm³/mol. The molecule has 1 atom stereocenters. The van der Waals surface area contributed by atoms with Crippen molar-refractivity contribution in [3.63, 3.8) is 0 Å². The average molecular weight is 762 g/mol. The van der Waals surface area contributed by atoms with Crippen LogP contribution in [0.2, 0.25) is 10.0 Å². The number of carbonyl (C=O) groups excluding carboxylic acids is 1. The minimum absolute atomic E-state index is 0.0403. The van der Waals surface area contributed by atoms with E-state index in [0.717, 1.165) is 32.2 Å². The summed E-state index contributed by atoms with van der Waals surface area (Å²) >= 11 is 16.7. The SMILES string of the molecule is CCOC(=O)C1=C(C(F)(F)F)N=c2s/c(=C\c3cc(Cl)cc(Br)c3OCc3cccc4ccccc34)c(=O)n2[C@H]1c1ccc(Cl)cc1. The van der Waals surface area contributed by atoms with Crippen LogP contribution in [0.25, 0.3) is 16.8 Å². The Morgan fingerprint density at radius 1 is 1.04 bits per heavy atom. The van der Waals surface area contributed by atoms with Gasteiger partial charge < -0.3 is 9.47 Å². The minimum Gasteiger partial charge on any atom is -0.487 e. The number of benzene rings is 4. The van der Waals surface area contributed by atoms with Gasteiger partial charge in [-0.1, -0.05) is 89.1 Å². The molecule has 6 rings (SSSR count). The van der Waals surface area contributed by atoms with Crippen molar-refractivity contribution in [3.05, 3.63) is 141 Å². The fourth-order valence-corrected chi connectivity index (χ4v) is 7.42. The number of nitrogens with zero attached hydrogens (tertiary/aromatic N) is 2. The summed E-state index contributed by atoms with van der Waals surface area (Å²) in [6.07, 6.45) is -3.54. The molecule has 0 spiro atoms. The summed E-state index contributed by atoms with van der Waals surface area (Å²) in [7, 11) is 0. The molecular weight excluding hydrogens is 740 g/mol. The summed E-state index contributed by atoms with van der Waals surface area (Å²) in [5.74, 6) is -0.869. The van der Waals surface area contributed by atoms with Crippen molar-refractivity contribution >= 4 is 73.3 Å². The van der Waals surface area contributed by atoms with Crippen molar-refractivity contribution < 1.29 is 27.4 Å². The van der Waals surface area contributed by atoms with E-state index in [1.165, 1.54) is 37.3 Å². The number of aromatic nitrogens is 1. The van der Waals surface area contributed by atoms with Crippen LogP contribution in [0.15, 0.2) is 104 Å². The van der Waals surface area contributed by atoms with Crippen molar-refractivity contribution in [1.82, 2.24) is 4.57 Å². The predicted octanol–water partition coefficient (Wildman–Crippen LogP) is 8.14. The molecule has 4 aromatic carbocycles. The van der Waals surface area contributed by atoms with Crippen molar-refractivity contribution in [1.29, 1.82) is 0 Å². The lowest BCUT2D eigenvalue weighted by Gasteiger charge is -2.26. The number of fused-ring (bicyclic) bond motifs is 2. The van der Waals surface area contributed by atoms with Crippen LogP contribution in [-0.4, -0.2) is 23.3 Å². The Bertz CT molecular complexity index is 2240. The third-order valence-corrected chi connectivity index (χ3v) is 9.40. The molecular formula is C34H22BrCl2F3N2O4S. The Labute approximate surface area is 288 Å². The largest absolute Gasteiger partial charge is 0.487 e. The number of allylic oxidation sites excluding steroid dienone is 1. The highest BCUT2D eigenvalue weighted by atomic mass is 79.9. The fraction of sp³-hybridized carbons (Fsp3) is 0.147. The van der Waals surface area contributed by atoms with Gasteiger partial charge in [0, 0.05) is 15.6 Å². The number of alkyl halides is 3. The Balaban J connectivity index is 1.52. The van der Waals surface area contributed by atoms with Crippen LogP contribution in [0.1, 0.15) is 29.7 Å². The molecule has 47 heavy (non-hydrogen) atoms. The van der Waals surface area contributed by atoms with Gasteiger partial charge >= 0.3 is 12.1 Å². The number of hydrogen-bond acceptors (Lipinski definition) is 6. The molecule has 0 aliphatic carbocycles. The van der Waals surface area contributed by atoms with E-state index in [9.17, 15) is 22.8 Å². The maximum atomic E-state index is 14.4. The normalized spacial score (nSPS) is 15.0. The summed E-state index contributed by atoms with van der Waals surface area (Å²) in [5, 5.41) is 2.70. The van der Waals surface area contributed by atoms with E-state index in [1.807, 2.05) is 42.5 Å². The van der Waals surface area contributed by atoms with E-state index in [2.05, 4.69) is 20.9 Å². The van der Waals surface area contributed by atoms with Crippen LogP contribution in [-0.2, 0) is 16.1 Å². The van der Waals surface area contributed by atoms with Crippen LogP contribution in [0.3, 0.4) is 0 Å². The fourth-order valence-electron chi connectivity index (χ4n) is 5.35. The monoisotopic (exact) mass is 760 g/mol. The van der Waals surface area contributed by atoms with Gasteiger partial charge in [0.15, 0.2) is 10.5 Å². The van der Waals surface area contributed by atoms with E-state index in [-0.39, 0.29) is 28.1 Å². The number of rotatable bonds is 7. The number of halogens is 6. The highest BCUT2D eigenvalue weighted by Gasteiger charge is 2.45. The number of thiazole rings is 1. The highest BCUT2D eigenvalue weighted by molar-refractivity contribution is 9.10. The minimum atomic E-state index is -5.03. The molecule has 6 nitrogen and oxygen atoms in total. The standard InChI is InChI=1S/C34H22BrCl2F3N2O4S/c1-2-45-32(44)27-28(19-10-12-22(36)13-11-19)42-31(43)26(47-33(42)41-30(27)34(38,39)40)15-21-14-23(37)16-25(35)29(21)46-17-20-8-5-7-18-6-3-4-9-24(18)20/h3-16,28H,2,17H2,1H3/b26-15-/t28-/m0/s1. The first kappa shape index (κ1) is 33.0. The second-order valence-corrected chi connectivity index (χ2v) is 13.1. The molecule has 13 heteroatoms. The second kappa shape index (κ2) is 13.3. The van der Waals surface area contributed by atoms with Crippen molar-refractivity contribution in [2.24, 2.45) is 4.99 Å². The molecule has 0 saturated heterocycles. The maximum Gasteiger partial charge on any atom is 0.434 e. The first-order valence-electron chi connectivity index (χ1n) is 14.1. The van der Waals surface area contributed by atoms with E-state index >= 15 is 0 Å². The number of carbonyl (C=O) groups is 1. The molecule has 1 aromatic heterocycles. The van der Waals surface area contributed by atoms with Crippen molar-refractivity contribution in [2.45, 2.75) is 25.7 Å². The molecule has 2 heterocycles. The summed E-state index contributed by atoms with van der Waals surface area (Å²) in [5.41, 5.74) is -1.37. The summed E-state index contributed by atoms with van der Waals surface area (Å²) < 4.78 is 56.3. The lowest BCUT2D eigenvalue weighted by Crippen LogP contribution is -2.41. The van der Waals surface area contributed by atoms with E-state index < -0.39 is 35.0 Å². The van der Waals surface area contributed by atoms with Gasteiger partial charge in [0.2, 0.25) is 0 Å². The molecule has 5 aromatic rings. The summed E-state index contributed by atoms with van der Waals surface area (Å²) in [6.45, 7) is 1.47. The van der Waals surface area contributed by atoms with Crippen molar-refractivity contribution in [3.8, 4) is 5.75 Å². The number of esters is 1. The maximum absolute atomic E-state index is 14.4. The lowest BCUT2D eigenvalue weighted by atomic mass is 9.95. The van der Waals surface area contributed by atoms with Crippen molar-refractivity contribution in [2.75, 3.05) is 6.61 Å². The van der Waals surface area contributed by atoms with Gasteiger partial charge in [-0.25, -0.2) is 9.79 Å². The molecule has 0 fully saturated rings. The van der Waals surface area contributed by atoms with E-state index in [4.69, 9.17) is 32.7 Å². The number of hydrogen-bond donors (Lipinski definition) is 0. The van der Waals surface area contributed by atoms with Gasteiger partial charge in [-0.3, -0.25) is 9.36 Å². The molecule has 0 saturated carbocycles. The first-order chi connectivity index (χ1) is 22.5. The zero-order chi connectivity index (χ0) is 33.5. The van der Waals surface area contributed by atoms with Crippen LogP contribution in [0, 0.1) is 0 Å². The molecule has 0 radical (unpaired) electrons. The van der Waals surface area contributed by atoms with Gasteiger partial charge in [-0.2, -0.15) is 13.2 Å². The van der Waals surface area contributed by atoms with Gasteiger partial charge in [0.05, 0.1) is 27.2 Å². The van der Waals surface area contributed by atoms with E-state index in [1.54, 1.807) is 12.1 Å². The Morgan fingerprint density at radius 3 is 2.49 bits per heavy atom. The summed E-state index contributed by atoms with van der Waals surface area (Å²) in [4.78, 5) is 30.7. The molecule has 1 aliphatic rings. The van der Waals surface area contributed by atoms with Gasteiger partial charge in [-0.05, 0) is 75.1 Å². The Morgan fingerprint density at radius 2 is 1.77 bits per heavy atom. The Hall–Kier alpha value is -3.90. The topological polar surface area (TPSA) is 69.9 Å². The average Bonchev–Trinajstić information content (AvgIpc) is 3.34. The van der Waals surface area contributed by atoms with Crippen LogP contribution in [0.5, 0.6) is 5.75 Å². The zero-order valence-electron chi connectivity index (χ0n) is 24.3. The molecule has 0 N–H and O–H groups in total. The third-order valence-electron chi connectivity index (χ3n) is 7.36. The molecule has 0 unspecified atom stereocenters. The smallest absolute Gasteiger partial charge is 0.434 e. The molecule has 240 valence electrons. The van der Waals surface area contributed by atoms with E-state index in [0.29, 0.717) is 25.8 Å². The quantitative estimate of drug-likeness (QED) is 0.157. The van der Waals surface area contributed by atoms with Gasteiger partial charge in [0.25, 0.3) is 5.56 Å². The zero-order valence-corrected chi connectivity index (χ0v) is 28.2. The Kier molecular flexibility index (Phi) is 9.35. The third kappa shape index (κ3) is 6.62. The summed E-state index contributed by atoms with van der Waals surface area (Å²) in [6, 6.07) is 21.3. The number of ether oxygens (including phenoxy) is 2. The van der Waals surface area contributed by atoms with Gasteiger partial charge in [-0.15, -0.1) is 0 Å². The molecule has 1 aliphatic heterocycles. The van der Waals surface area contributed by atoms with Crippen LogP contribution >= 0.6 is 50.5 Å². The molecule has 0 bridgehead atoms. The lowest BCUT2D eigenvalue weighted by molar-refractivity contribution is -0.140. The highest BCUT2D eigenvalue weighted by Crippen LogP contribution is 2.39. The first-order valence-corrected chi connectivity index (χ1v) is 16.5. The van der Waals surface area contributed by atoms with Gasteiger partial charge in [0.1, 0.15) is 12.4 Å².